The second kappa shape index (κ2) is 5.01. The molecule has 1 aromatic rings. The quantitative estimate of drug-likeness (QED) is 0.712. The molecule has 0 N–H and O–H groups in total. The Morgan fingerprint density at radius 3 is 2.76 bits per heavy atom. The molecule has 90 valence electrons. The molecule has 3 rings (SSSR count). The molecule has 0 saturated heterocycles. The van der Waals surface area contributed by atoms with Crippen molar-refractivity contribution in [1.29, 1.82) is 0 Å². The van der Waals surface area contributed by atoms with Crippen molar-refractivity contribution in [3.05, 3.63) is 45.0 Å². The van der Waals surface area contributed by atoms with E-state index in [0.29, 0.717) is 16.0 Å². The number of nitrogens with zero attached hydrogens (tertiary/aromatic N) is 1. The maximum absolute atomic E-state index is 6.05. The summed E-state index contributed by atoms with van der Waals surface area (Å²) >= 11 is 12.0. The van der Waals surface area contributed by atoms with Crippen LogP contribution >= 0.6 is 35.6 Å². The predicted octanol–water partition coefficient (Wildman–Crippen LogP) is 4.67. The molecule has 1 aromatic carbocycles. The summed E-state index contributed by atoms with van der Waals surface area (Å²) in [6.07, 6.45) is 4.37. The van der Waals surface area contributed by atoms with Crippen LogP contribution < -0.4 is 0 Å². The van der Waals surface area contributed by atoms with Crippen LogP contribution in [-0.4, -0.2) is 12.8 Å². The lowest BCUT2D eigenvalue weighted by Crippen LogP contribution is -1.98. The maximum atomic E-state index is 6.05. The van der Waals surface area contributed by atoms with Crippen molar-refractivity contribution in [1.82, 2.24) is 0 Å². The van der Waals surface area contributed by atoms with Gasteiger partial charge in [-0.05, 0) is 41.7 Å². The number of rotatable bonds is 1. The minimum absolute atomic E-state index is 0. The zero-order valence-electron chi connectivity index (χ0n) is 9.12. The lowest BCUT2D eigenvalue weighted by molar-refractivity contribution is 0.776. The Bertz CT molecular complexity index is 505. The molecule has 0 aromatic heterocycles. The van der Waals surface area contributed by atoms with Gasteiger partial charge in [0, 0.05) is 12.1 Å². The molecule has 17 heavy (non-hydrogen) atoms. The topological polar surface area (TPSA) is 12.4 Å². The first kappa shape index (κ1) is 12.9. The van der Waals surface area contributed by atoms with E-state index in [1.807, 2.05) is 18.3 Å². The Hall–Kier alpha value is -0.500. The second-order valence-corrected chi connectivity index (χ2v) is 5.11. The molecule has 0 saturated carbocycles. The van der Waals surface area contributed by atoms with Crippen LogP contribution in [-0.2, 0) is 0 Å². The van der Waals surface area contributed by atoms with Crippen LogP contribution in [0.3, 0.4) is 0 Å². The number of allylic oxidation sites excluding steroid dienone is 1. The SMILES string of the molecule is Cl.Clc1ccc(C2CCC3=C2C=NC3)cc1Cl. The first-order chi connectivity index (χ1) is 7.75. The number of halogens is 3. The summed E-state index contributed by atoms with van der Waals surface area (Å²) in [5.74, 6) is 0.469. The van der Waals surface area contributed by atoms with Crippen molar-refractivity contribution < 1.29 is 0 Å². The largest absolute Gasteiger partial charge is 0.288 e. The highest BCUT2D eigenvalue weighted by atomic mass is 35.5. The van der Waals surface area contributed by atoms with Gasteiger partial charge in [0.05, 0.1) is 16.6 Å². The first-order valence-corrected chi connectivity index (χ1v) is 6.18. The molecular formula is C13H12Cl3N. The van der Waals surface area contributed by atoms with Crippen molar-refractivity contribution in [2.45, 2.75) is 18.8 Å². The van der Waals surface area contributed by atoms with Crippen molar-refractivity contribution in [3.63, 3.8) is 0 Å². The summed E-state index contributed by atoms with van der Waals surface area (Å²) in [6, 6.07) is 5.93. The molecule has 0 fully saturated rings. The van der Waals surface area contributed by atoms with Crippen LogP contribution in [0.15, 0.2) is 34.3 Å². The Kier molecular flexibility index (Phi) is 3.82. The third kappa shape index (κ3) is 2.24. The number of hydrogen-bond acceptors (Lipinski definition) is 1. The molecule has 2 aliphatic rings. The molecule has 0 spiro atoms. The molecule has 1 aliphatic carbocycles. The third-order valence-electron chi connectivity index (χ3n) is 3.38. The zero-order valence-corrected chi connectivity index (χ0v) is 11.4. The smallest absolute Gasteiger partial charge is 0.0606 e. The van der Waals surface area contributed by atoms with Gasteiger partial charge in [0.25, 0.3) is 0 Å². The van der Waals surface area contributed by atoms with Gasteiger partial charge in [-0.1, -0.05) is 29.3 Å². The maximum Gasteiger partial charge on any atom is 0.0606 e. The molecule has 1 aliphatic heterocycles. The van der Waals surface area contributed by atoms with Crippen LogP contribution in [0.5, 0.6) is 0 Å². The van der Waals surface area contributed by atoms with E-state index in [0.717, 1.165) is 6.54 Å². The van der Waals surface area contributed by atoms with Crippen LogP contribution in [0.1, 0.15) is 24.3 Å². The Morgan fingerprint density at radius 2 is 2.00 bits per heavy atom. The van der Waals surface area contributed by atoms with E-state index in [1.54, 1.807) is 0 Å². The van der Waals surface area contributed by atoms with Gasteiger partial charge >= 0.3 is 0 Å². The molecule has 0 radical (unpaired) electrons. The van der Waals surface area contributed by atoms with E-state index in [2.05, 4.69) is 11.1 Å². The van der Waals surface area contributed by atoms with E-state index < -0.39 is 0 Å². The fourth-order valence-corrected chi connectivity index (χ4v) is 2.85. The van der Waals surface area contributed by atoms with Crippen molar-refractivity contribution in [2.24, 2.45) is 4.99 Å². The van der Waals surface area contributed by atoms with Gasteiger partial charge in [0.15, 0.2) is 0 Å². The lowest BCUT2D eigenvalue weighted by Gasteiger charge is -2.12. The van der Waals surface area contributed by atoms with Crippen molar-refractivity contribution in [2.75, 3.05) is 6.54 Å². The molecule has 1 unspecified atom stereocenters. The predicted molar refractivity (Wildman–Crippen MR) is 76.1 cm³/mol. The fourth-order valence-electron chi connectivity index (χ4n) is 2.55. The van der Waals surface area contributed by atoms with Gasteiger partial charge in [0.2, 0.25) is 0 Å². The standard InChI is InChI=1S/C13H11Cl2N.ClH/c14-12-4-2-8(5-13(12)15)10-3-1-9-6-16-7-11(9)10;/h2,4-5,7,10H,1,3,6H2;1H. The number of benzene rings is 1. The van der Waals surface area contributed by atoms with Gasteiger partial charge in [-0.25, -0.2) is 0 Å². The third-order valence-corrected chi connectivity index (χ3v) is 4.12. The minimum atomic E-state index is 0. The molecule has 1 nitrogen and oxygen atoms in total. The van der Waals surface area contributed by atoms with Gasteiger partial charge in [0.1, 0.15) is 0 Å². The lowest BCUT2D eigenvalue weighted by atomic mass is 9.93. The Labute approximate surface area is 117 Å². The van der Waals surface area contributed by atoms with Crippen LogP contribution in [0, 0.1) is 0 Å². The fraction of sp³-hybridized carbons (Fsp3) is 0.308. The summed E-state index contributed by atoms with van der Waals surface area (Å²) in [5, 5.41) is 1.26. The van der Waals surface area contributed by atoms with Crippen LogP contribution in [0.4, 0.5) is 0 Å². The summed E-state index contributed by atoms with van der Waals surface area (Å²) in [7, 11) is 0. The van der Waals surface area contributed by atoms with Crippen molar-refractivity contribution >= 4 is 41.8 Å². The van der Waals surface area contributed by atoms with Crippen molar-refractivity contribution in [3.8, 4) is 0 Å². The molecular weight excluding hydrogens is 277 g/mol. The average molecular weight is 289 g/mol. The van der Waals surface area contributed by atoms with Gasteiger partial charge in [-0.15, -0.1) is 12.4 Å². The minimum Gasteiger partial charge on any atom is -0.288 e. The summed E-state index contributed by atoms with van der Waals surface area (Å²) < 4.78 is 0. The Morgan fingerprint density at radius 1 is 1.18 bits per heavy atom. The molecule has 0 amide bonds. The molecule has 0 bridgehead atoms. The van der Waals surface area contributed by atoms with Gasteiger partial charge in [-0.3, -0.25) is 4.99 Å². The van der Waals surface area contributed by atoms with Gasteiger partial charge in [-0.2, -0.15) is 0 Å². The van der Waals surface area contributed by atoms with E-state index in [-0.39, 0.29) is 12.4 Å². The van der Waals surface area contributed by atoms with E-state index in [4.69, 9.17) is 23.2 Å². The zero-order chi connectivity index (χ0) is 11.1. The van der Waals surface area contributed by atoms with E-state index in [9.17, 15) is 0 Å². The van der Waals surface area contributed by atoms with E-state index >= 15 is 0 Å². The summed E-state index contributed by atoms with van der Waals surface area (Å²) in [4.78, 5) is 4.33. The van der Waals surface area contributed by atoms with Gasteiger partial charge < -0.3 is 0 Å². The highest BCUT2D eigenvalue weighted by Gasteiger charge is 2.27. The molecule has 1 atom stereocenters. The second-order valence-electron chi connectivity index (χ2n) is 4.29. The number of aliphatic imine (C=N–C) groups is 1. The number of hydrogen-bond donors (Lipinski definition) is 0. The highest BCUT2D eigenvalue weighted by Crippen LogP contribution is 2.41. The summed E-state index contributed by atoms with van der Waals surface area (Å²) in [5.41, 5.74) is 4.15. The molecule has 4 heteroatoms. The van der Waals surface area contributed by atoms with Crippen LogP contribution in [0.25, 0.3) is 0 Å². The highest BCUT2D eigenvalue weighted by molar-refractivity contribution is 6.42. The monoisotopic (exact) mass is 287 g/mol. The Balaban J connectivity index is 0.00000108. The molecule has 1 heterocycles. The van der Waals surface area contributed by atoms with Crippen LogP contribution in [0.2, 0.25) is 10.0 Å². The first-order valence-electron chi connectivity index (χ1n) is 5.42. The average Bonchev–Trinajstić information content (AvgIpc) is 2.83. The normalized spacial score (nSPS) is 21.6. The summed E-state index contributed by atoms with van der Waals surface area (Å²) in [6.45, 7) is 0.896. The van der Waals surface area contributed by atoms with E-state index in [1.165, 1.54) is 29.6 Å².